The van der Waals surface area contributed by atoms with E-state index in [0.29, 0.717) is 0 Å². The van der Waals surface area contributed by atoms with Crippen molar-refractivity contribution in [3.63, 3.8) is 0 Å². The number of nitrogens with one attached hydrogen (secondary N) is 2. The number of H-pyrrole nitrogens is 1. The molecule has 0 atom stereocenters. The molecule has 19 heavy (non-hydrogen) atoms. The lowest BCUT2D eigenvalue weighted by molar-refractivity contribution is 0.102. The van der Waals surface area contributed by atoms with Crippen LogP contribution in [0.5, 0.6) is 5.75 Å². The maximum absolute atomic E-state index is 13.5. The van der Waals surface area contributed by atoms with Crippen molar-refractivity contribution in [1.82, 2.24) is 10.2 Å². The molecule has 0 spiro atoms. The second-order valence-corrected chi connectivity index (χ2v) is 4.45. The Morgan fingerprint density at radius 2 is 2.21 bits per heavy atom. The lowest BCUT2D eigenvalue weighted by atomic mass is 10.1. The number of benzene rings is 1. The SMILES string of the molecule is CC(C)c1cc(NC(=O)c2c(O)cccc2F)n[nH]1. The molecule has 2 rings (SSSR count). The van der Waals surface area contributed by atoms with Gasteiger partial charge in [-0.3, -0.25) is 9.89 Å². The number of halogens is 1. The maximum Gasteiger partial charge on any atom is 0.263 e. The molecule has 100 valence electrons. The molecule has 5 nitrogen and oxygen atoms in total. The lowest BCUT2D eigenvalue weighted by Crippen LogP contribution is -2.14. The van der Waals surface area contributed by atoms with Gasteiger partial charge in [0, 0.05) is 11.8 Å². The van der Waals surface area contributed by atoms with Gasteiger partial charge in [0.05, 0.1) is 0 Å². The van der Waals surface area contributed by atoms with E-state index in [1.54, 1.807) is 6.07 Å². The van der Waals surface area contributed by atoms with Gasteiger partial charge in [-0.1, -0.05) is 19.9 Å². The molecule has 0 aliphatic rings. The van der Waals surface area contributed by atoms with Crippen LogP contribution in [0.3, 0.4) is 0 Å². The van der Waals surface area contributed by atoms with Crippen molar-refractivity contribution in [3.05, 3.63) is 41.3 Å². The van der Waals surface area contributed by atoms with E-state index in [0.717, 1.165) is 11.8 Å². The van der Waals surface area contributed by atoms with Crippen LogP contribution in [0.25, 0.3) is 0 Å². The quantitative estimate of drug-likeness (QED) is 0.796. The first-order valence-corrected chi connectivity index (χ1v) is 5.83. The molecule has 6 heteroatoms. The second-order valence-electron chi connectivity index (χ2n) is 4.45. The van der Waals surface area contributed by atoms with E-state index >= 15 is 0 Å². The van der Waals surface area contributed by atoms with Gasteiger partial charge in [0.1, 0.15) is 17.1 Å². The van der Waals surface area contributed by atoms with Gasteiger partial charge in [-0.05, 0) is 18.1 Å². The first-order chi connectivity index (χ1) is 8.99. The average Bonchev–Trinajstić information content (AvgIpc) is 2.77. The Hall–Kier alpha value is -2.37. The second kappa shape index (κ2) is 5.09. The summed E-state index contributed by atoms with van der Waals surface area (Å²) in [6, 6.07) is 5.36. The largest absolute Gasteiger partial charge is 0.507 e. The summed E-state index contributed by atoms with van der Waals surface area (Å²) in [6.07, 6.45) is 0. The normalized spacial score (nSPS) is 10.7. The topological polar surface area (TPSA) is 78.0 Å². The predicted octanol–water partition coefficient (Wildman–Crippen LogP) is 2.63. The number of anilines is 1. The number of phenols is 1. The Morgan fingerprint density at radius 3 is 2.79 bits per heavy atom. The molecule has 0 fully saturated rings. The molecule has 1 aromatic carbocycles. The number of aromatic amines is 1. The fraction of sp³-hybridized carbons (Fsp3) is 0.231. The van der Waals surface area contributed by atoms with Gasteiger partial charge >= 0.3 is 0 Å². The van der Waals surface area contributed by atoms with E-state index in [2.05, 4.69) is 15.5 Å². The third kappa shape index (κ3) is 2.73. The number of carbonyl (C=O) groups is 1. The molecule has 1 amide bonds. The average molecular weight is 263 g/mol. The van der Waals surface area contributed by atoms with Crippen LogP contribution in [0, 0.1) is 5.82 Å². The van der Waals surface area contributed by atoms with Gasteiger partial charge in [-0.2, -0.15) is 5.10 Å². The van der Waals surface area contributed by atoms with Crippen LogP contribution in [-0.2, 0) is 0 Å². The molecule has 0 saturated carbocycles. The third-order valence-corrected chi connectivity index (χ3v) is 2.68. The fourth-order valence-corrected chi connectivity index (χ4v) is 1.61. The molecule has 0 saturated heterocycles. The number of aromatic hydroxyl groups is 1. The number of amides is 1. The van der Waals surface area contributed by atoms with E-state index in [1.807, 2.05) is 13.8 Å². The summed E-state index contributed by atoms with van der Waals surface area (Å²) in [5, 5.41) is 18.6. The van der Waals surface area contributed by atoms with Crippen molar-refractivity contribution in [2.75, 3.05) is 5.32 Å². The Labute approximate surface area is 109 Å². The molecule has 3 N–H and O–H groups in total. The van der Waals surface area contributed by atoms with Crippen molar-refractivity contribution in [2.45, 2.75) is 19.8 Å². The number of nitrogens with zero attached hydrogens (tertiary/aromatic N) is 1. The summed E-state index contributed by atoms with van der Waals surface area (Å²) < 4.78 is 13.5. The van der Waals surface area contributed by atoms with E-state index in [4.69, 9.17) is 0 Å². The van der Waals surface area contributed by atoms with Gasteiger partial charge in [0.2, 0.25) is 0 Å². The Morgan fingerprint density at radius 1 is 1.47 bits per heavy atom. The number of hydrogen-bond acceptors (Lipinski definition) is 3. The van der Waals surface area contributed by atoms with Crippen LogP contribution in [-0.4, -0.2) is 21.2 Å². The monoisotopic (exact) mass is 263 g/mol. The summed E-state index contributed by atoms with van der Waals surface area (Å²) >= 11 is 0. The minimum absolute atomic E-state index is 0.236. The van der Waals surface area contributed by atoms with Gasteiger partial charge < -0.3 is 10.4 Å². The summed E-state index contributed by atoms with van der Waals surface area (Å²) in [5.41, 5.74) is 0.463. The van der Waals surface area contributed by atoms with E-state index in [1.165, 1.54) is 12.1 Å². The highest BCUT2D eigenvalue weighted by Crippen LogP contribution is 2.21. The van der Waals surface area contributed by atoms with Crippen molar-refractivity contribution in [2.24, 2.45) is 0 Å². The van der Waals surface area contributed by atoms with E-state index < -0.39 is 23.0 Å². The van der Waals surface area contributed by atoms with Gasteiger partial charge in [0.25, 0.3) is 5.91 Å². The lowest BCUT2D eigenvalue weighted by Gasteiger charge is -2.05. The zero-order chi connectivity index (χ0) is 14.0. The molecular weight excluding hydrogens is 249 g/mol. The number of hydrogen-bond donors (Lipinski definition) is 3. The highest BCUT2D eigenvalue weighted by atomic mass is 19.1. The van der Waals surface area contributed by atoms with Crippen LogP contribution < -0.4 is 5.32 Å². The van der Waals surface area contributed by atoms with Crippen LogP contribution in [0.4, 0.5) is 10.2 Å². The first-order valence-electron chi connectivity index (χ1n) is 5.83. The smallest absolute Gasteiger partial charge is 0.263 e. The zero-order valence-corrected chi connectivity index (χ0v) is 10.6. The predicted molar refractivity (Wildman–Crippen MR) is 68.7 cm³/mol. The van der Waals surface area contributed by atoms with Gasteiger partial charge in [-0.25, -0.2) is 4.39 Å². The Bertz CT molecular complexity index is 587. The Balaban J connectivity index is 2.21. The zero-order valence-electron chi connectivity index (χ0n) is 10.6. The van der Waals surface area contributed by atoms with Crippen molar-refractivity contribution in [1.29, 1.82) is 0 Å². The van der Waals surface area contributed by atoms with Crippen molar-refractivity contribution >= 4 is 11.7 Å². The maximum atomic E-state index is 13.5. The summed E-state index contributed by atoms with van der Waals surface area (Å²) in [6.45, 7) is 3.95. The minimum atomic E-state index is -0.780. The standard InChI is InChI=1S/C13H14FN3O2/c1-7(2)9-6-11(17-16-9)15-13(19)12-8(14)4-3-5-10(12)18/h3-7,18H,1-2H3,(H2,15,16,17,19). The number of phenolic OH excluding ortho intramolecular Hbond substituents is 1. The molecule has 0 bridgehead atoms. The minimum Gasteiger partial charge on any atom is -0.507 e. The molecule has 1 aromatic heterocycles. The molecular formula is C13H14FN3O2. The highest BCUT2D eigenvalue weighted by molar-refractivity contribution is 6.05. The fourth-order valence-electron chi connectivity index (χ4n) is 1.61. The van der Waals surface area contributed by atoms with Gasteiger partial charge in [-0.15, -0.1) is 0 Å². The molecule has 2 aromatic rings. The summed E-state index contributed by atoms with van der Waals surface area (Å²) in [5.74, 6) is -1.40. The van der Waals surface area contributed by atoms with Crippen LogP contribution in [0.15, 0.2) is 24.3 Å². The highest BCUT2D eigenvalue weighted by Gasteiger charge is 2.17. The molecule has 0 unspecified atom stereocenters. The van der Waals surface area contributed by atoms with E-state index in [9.17, 15) is 14.3 Å². The Kier molecular flexibility index (Phi) is 3.50. The first kappa shape index (κ1) is 13.1. The number of aromatic nitrogens is 2. The third-order valence-electron chi connectivity index (χ3n) is 2.68. The van der Waals surface area contributed by atoms with Crippen LogP contribution in [0.1, 0.15) is 35.8 Å². The summed E-state index contributed by atoms with van der Waals surface area (Å²) in [7, 11) is 0. The number of rotatable bonds is 3. The molecule has 1 heterocycles. The summed E-state index contributed by atoms with van der Waals surface area (Å²) in [4.78, 5) is 11.9. The molecule has 0 aliphatic carbocycles. The van der Waals surface area contributed by atoms with Crippen LogP contribution in [0.2, 0.25) is 0 Å². The molecule has 0 radical (unpaired) electrons. The molecule has 0 aliphatic heterocycles. The van der Waals surface area contributed by atoms with Crippen molar-refractivity contribution in [3.8, 4) is 5.75 Å². The number of carbonyl (C=O) groups excluding carboxylic acids is 1. The van der Waals surface area contributed by atoms with Gasteiger partial charge in [0.15, 0.2) is 5.82 Å². The van der Waals surface area contributed by atoms with E-state index in [-0.39, 0.29) is 11.7 Å². The van der Waals surface area contributed by atoms with Crippen molar-refractivity contribution < 1.29 is 14.3 Å². The van der Waals surface area contributed by atoms with Crippen LogP contribution >= 0.6 is 0 Å².